The molecule has 2 aliphatic rings. The maximum Gasteiger partial charge on any atom is 0.273 e. The van der Waals surface area contributed by atoms with E-state index in [9.17, 15) is 24.5 Å². The number of rotatable bonds is 5. The van der Waals surface area contributed by atoms with Crippen LogP contribution in [0.4, 0.5) is 5.69 Å². The molecular weight excluding hydrogens is 617 g/mol. The fraction of sp³-hybridized carbons (Fsp3) is 0.318. The van der Waals surface area contributed by atoms with E-state index in [4.69, 9.17) is 23.2 Å². The van der Waals surface area contributed by atoms with Gasteiger partial charge in [-0.25, -0.2) is 5.01 Å². The number of nitrogens with zero attached hydrogens (tertiary/aromatic N) is 3. The standard InChI is InChI=1S/C22H17Br2Cl2N3O5/c23-17-8-15-16(9-18(17)24)22(32)28(21(15)31)27(10-12-4-5-13(25)7-19(12)26)20(30)11-2-1-3-14(6-11)29(33)34/h1-7,15-18H,8-10H2/t15-,16-,17-,18+/m1/s1. The Morgan fingerprint density at radius 3 is 2.24 bits per heavy atom. The van der Waals surface area contributed by atoms with E-state index in [0.717, 1.165) is 16.1 Å². The topological polar surface area (TPSA) is 101 Å². The van der Waals surface area contributed by atoms with Crippen molar-refractivity contribution >= 4 is 78.5 Å². The van der Waals surface area contributed by atoms with Crippen LogP contribution in [0.1, 0.15) is 28.8 Å². The minimum Gasteiger partial charge on any atom is -0.272 e. The highest BCUT2D eigenvalue weighted by Gasteiger charge is 2.54. The Morgan fingerprint density at radius 1 is 1.06 bits per heavy atom. The van der Waals surface area contributed by atoms with Gasteiger partial charge in [-0.3, -0.25) is 24.5 Å². The van der Waals surface area contributed by atoms with Crippen LogP contribution in [-0.2, 0) is 16.1 Å². The number of amides is 3. The van der Waals surface area contributed by atoms with Crippen LogP contribution in [0.2, 0.25) is 10.0 Å². The van der Waals surface area contributed by atoms with Gasteiger partial charge in [0.25, 0.3) is 23.4 Å². The Morgan fingerprint density at radius 2 is 1.68 bits per heavy atom. The Kier molecular flexibility index (Phi) is 7.33. The van der Waals surface area contributed by atoms with E-state index >= 15 is 0 Å². The molecule has 1 aliphatic heterocycles. The first-order chi connectivity index (χ1) is 16.1. The highest BCUT2D eigenvalue weighted by Crippen LogP contribution is 2.44. The fourth-order valence-electron chi connectivity index (χ4n) is 4.26. The third kappa shape index (κ3) is 4.73. The van der Waals surface area contributed by atoms with Crippen molar-refractivity contribution in [2.75, 3.05) is 0 Å². The highest BCUT2D eigenvalue weighted by molar-refractivity contribution is 9.12. The van der Waals surface area contributed by atoms with E-state index in [2.05, 4.69) is 31.9 Å². The second kappa shape index (κ2) is 9.93. The molecule has 34 heavy (non-hydrogen) atoms. The van der Waals surface area contributed by atoms with Crippen LogP contribution in [0, 0.1) is 22.0 Å². The maximum atomic E-state index is 13.6. The lowest BCUT2D eigenvalue weighted by Crippen LogP contribution is -2.49. The van der Waals surface area contributed by atoms with Crippen molar-refractivity contribution in [3.63, 3.8) is 0 Å². The van der Waals surface area contributed by atoms with Gasteiger partial charge in [0.1, 0.15) is 0 Å². The number of nitro benzene ring substituents is 1. The zero-order valence-corrected chi connectivity index (χ0v) is 22.1. The van der Waals surface area contributed by atoms with Gasteiger partial charge in [0.2, 0.25) is 0 Å². The van der Waals surface area contributed by atoms with Gasteiger partial charge in [0, 0.05) is 37.4 Å². The summed E-state index contributed by atoms with van der Waals surface area (Å²) in [6, 6.07) is 9.80. The normalized spacial score (nSPS) is 24.2. The number of alkyl halides is 2. The summed E-state index contributed by atoms with van der Waals surface area (Å²) in [5.74, 6) is -2.86. The Balaban J connectivity index is 1.75. The SMILES string of the molecule is O=C(c1cccc([N+](=O)[O-])c1)N(Cc1ccc(Cl)cc1Cl)N1C(=O)[C@@H]2C[C@@H](Br)[C@@H](Br)C[C@H]2C1=O. The van der Waals surface area contributed by atoms with Crippen molar-refractivity contribution in [3.8, 4) is 0 Å². The lowest BCUT2D eigenvalue weighted by molar-refractivity contribution is -0.384. The first kappa shape index (κ1) is 25.1. The van der Waals surface area contributed by atoms with Crippen LogP contribution in [0.5, 0.6) is 0 Å². The Hall–Kier alpha value is -2.01. The fourth-order valence-corrected chi connectivity index (χ4v) is 5.97. The molecule has 0 spiro atoms. The molecule has 0 bridgehead atoms. The van der Waals surface area contributed by atoms with Gasteiger partial charge in [0.05, 0.1) is 23.3 Å². The van der Waals surface area contributed by atoms with Crippen molar-refractivity contribution in [1.29, 1.82) is 0 Å². The summed E-state index contributed by atoms with van der Waals surface area (Å²) in [6.45, 7) is -0.204. The zero-order chi connectivity index (χ0) is 24.7. The number of hydrogen-bond donors (Lipinski definition) is 0. The van der Waals surface area contributed by atoms with Crippen LogP contribution in [0.3, 0.4) is 0 Å². The number of hydrazine groups is 1. The molecule has 1 heterocycles. The molecule has 8 nitrogen and oxygen atoms in total. The van der Waals surface area contributed by atoms with Gasteiger partial charge < -0.3 is 0 Å². The minimum absolute atomic E-state index is 0.00270. The van der Waals surface area contributed by atoms with Crippen molar-refractivity contribution in [1.82, 2.24) is 10.0 Å². The van der Waals surface area contributed by atoms with E-state index in [0.29, 0.717) is 23.4 Å². The van der Waals surface area contributed by atoms with Crippen LogP contribution >= 0.6 is 55.1 Å². The maximum absolute atomic E-state index is 13.6. The number of fused-ring (bicyclic) bond motifs is 1. The quantitative estimate of drug-likeness (QED) is 0.190. The molecule has 0 N–H and O–H groups in total. The van der Waals surface area contributed by atoms with Gasteiger partial charge in [-0.15, -0.1) is 0 Å². The predicted octanol–water partition coefficient (Wildman–Crippen LogP) is 5.38. The number of non-ortho nitro benzene ring substituents is 1. The third-order valence-electron chi connectivity index (χ3n) is 6.00. The van der Waals surface area contributed by atoms with Crippen molar-refractivity contribution in [2.45, 2.75) is 29.0 Å². The summed E-state index contributed by atoms with van der Waals surface area (Å²) < 4.78 is 0. The lowest BCUT2D eigenvalue weighted by atomic mass is 9.81. The smallest absolute Gasteiger partial charge is 0.272 e. The number of halogens is 4. The second-order valence-electron chi connectivity index (χ2n) is 8.11. The largest absolute Gasteiger partial charge is 0.273 e. The zero-order valence-electron chi connectivity index (χ0n) is 17.4. The summed E-state index contributed by atoms with van der Waals surface area (Å²) in [6.07, 6.45) is 0.865. The first-order valence-corrected chi connectivity index (χ1v) is 12.8. The summed E-state index contributed by atoms with van der Waals surface area (Å²) in [5.41, 5.74) is 0.135. The molecule has 2 aromatic carbocycles. The number of benzene rings is 2. The van der Waals surface area contributed by atoms with Gasteiger partial charge >= 0.3 is 0 Å². The summed E-state index contributed by atoms with van der Waals surface area (Å²) in [5, 5.41) is 13.8. The molecular formula is C22H17Br2Cl2N3O5. The van der Waals surface area contributed by atoms with E-state index in [1.165, 1.54) is 24.3 Å². The molecule has 2 aromatic rings. The van der Waals surface area contributed by atoms with Gasteiger partial charge in [-0.05, 0) is 36.6 Å². The average molecular weight is 634 g/mol. The average Bonchev–Trinajstić information content (AvgIpc) is 3.02. The molecule has 4 rings (SSSR count). The molecule has 2 fully saturated rings. The number of carbonyl (C=O) groups excluding carboxylic acids is 3. The summed E-state index contributed by atoms with van der Waals surface area (Å²) in [4.78, 5) is 51.0. The van der Waals surface area contributed by atoms with Crippen LogP contribution in [-0.4, -0.2) is 42.3 Å². The van der Waals surface area contributed by atoms with Crippen LogP contribution in [0.15, 0.2) is 42.5 Å². The number of hydrogen-bond acceptors (Lipinski definition) is 5. The number of nitro groups is 1. The van der Waals surface area contributed by atoms with Crippen molar-refractivity contribution < 1.29 is 19.3 Å². The molecule has 1 saturated carbocycles. The second-order valence-corrected chi connectivity index (χ2v) is 11.3. The Bertz CT molecular complexity index is 1170. The molecule has 0 unspecified atom stereocenters. The predicted molar refractivity (Wildman–Crippen MR) is 133 cm³/mol. The van der Waals surface area contributed by atoms with Gasteiger partial charge in [0.15, 0.2) is 0 Å². The summed E-state index contributed by atoms with van der Waals surface area (Å²) in [7, 11) is 0. The molecule has 12 heteroatoms. The third-order valence-corrected chi connectivity index (χ3v) is 9.32. The van der Waals surface area contributed by atoms with E-state index < -0.39 is 34.5 Å². The number of carbonyl (C=O) groups is 3. The molecule has 4 atom stereocenters. The summed E-state index contributed by atoms with van der Waals surface area (Å²) >= 11 is 19.4. The van der Waals surface area contributed by atoms with Gasteiger partial charge in [-0.1, -0.05) is 67.2 Å². The molecule has 1 aliphatic carbocycles. The highest BCUT2D eigenvalue weighted by atomic mass is 79.9. The molecule has 0 aromatic heterocycles. The van der Waals surface area contributed by atoms with Crippen molar-refractivity contribution in [2.24, 2.45) is 11.8 Å². The first-order valence-electron chi connectivity index (χ1n) is 10.2. The van der Waals surface area contributed by atoms with Crippen LogP contribution < -0.4 is 0 Å². The van der Waals surface area contributed by atoms with E-state index in [-0.39, 0.29) is 32.5 Å². The molecule has 1 saturated heterocycles. The lowest BCUT2D eigenvalue weighted by Gasteiger charge is -2.31. The molecule has 3 amide bonds. The Labute approximate surface area is 221 Å². The monoisotopic (exact) mass is 631 g/mol. The molecule has 0 radical (unpaired) electrons. The van der Waals surface area contributed by atoms with Crippen molar-refractivity contribution in [3.05, 3.63) is 73.8 Å². The molecule has 178 valence electrons. The van der Waals surface area contributed by atoms with E-state index in [1.807, 2.05) is 0 Å². The van der Waals surface area contributed by atoms with Crippen LogP contribution in [0.25, 0.3) is 0 Å². The minimum atomic E-state index is -0.735. The van der Waals surface area contributed by atoms with E-state index in [1.54, 1.807) is 12.1 Å². The number of imide groups is 1. The van der Waals surface area contributed by atoms with Gasteiger partial charge in [-0.2, -0.15) is 5.01 Å².